The van der Waals surface area contributed by atoms with Crippen molar-refractivity contribution in [2.45, 2.75) is 39.2 Å². The summed E-state index contributed by atoms with van der Waals surface area (Å²) in [5.41, 5.74) is 0.716. The van der Waals surface area contributed by atoms with Crippen molar-refractivity contribution in [3.05, 3.63) is 18.2 Å². The molecule has 0 spiro atoms. The topological polar surface area (TPSA) is 56.8 Å². The van der Waals surface area contributed by atoms with E-state index in [2.05, 4.69) is 5.32 Å². The summed E-state index contributed by atoms with van der Waals surface area (Å²) < 4.78 is 16.7. The molecule has 1 fully saturated rings. The highest BCUT2D eigenvalue weighted by Crippen LogP contribution is 2.31. The van der Waals surface area contributed by atoms with Crippen LogP contribution in [-0.4, -0.2) is 32.3 Å². The molecule has 0 saturated carbocycles. The summed E-state index contributed by atoms with van der Waals surface area (Å²) in [6, 6.07) is 5.42. The van der Waals surface area contributed by atoms with Gasteiger partial charge in [0.1, 0.15) is 6.61 Å². The van der Waals surface area contributed by atoms with Crippen LogP contribution in [0, 0.1) is 5.92 Å². The fourth-order valence-corrected chi connectivity index (χ4v) is 2.28. The number of nitrogens with one attached hydrogen (secondary N) is 1. The minimum atomic E-state index is -0.0154. The lowest BCUT2D eigenvalue weighted by molar-refractivity contribution is -0.119. The average Bonchev–Trinajstić information content (AvgIpc) is 3.05. The number of hydrogen-bond acceptors (Lipinski definition) is 4. The van der Waals surface area contributed by atoms with Crippen LogP contribution < -0.4 is 14.8 Å². The van der Waals surface area contributed by atoms with Gasteiger partial charge in [0, 0.05) is 24.3 Å². The van der Waals surface area contributed by atoms with Gasteiger partial charge in [0.25, 0.3) is 0 Å². The van der Waals surface area contributed by atoms with E-state index in [1.165, 1.54) is 0 Å². The van der Waals surface area contributed by atoms with Crippen LogP contribution in [0.2, 0.25) is 0 Å². The number of carbonyl (C=O) groups excluding carboxylic acids is 1. The molecule has 5 nitrogen and oxygen atoms in total. The molecule has 1 aromatic rings. The fourth-order valence-electron chi connectivity index (χ4n) is 2.28. The Labute approximate surface area is 131 Å². The molecule has 2 rings (SSSR count). The molecule has 0 unspecified atom stereocenters. The number of methoxy groups -OCH3 is 1. The Hall–Kier alpha value is -1.75. The van der Waals surface area contributed by atoms with Gasteiger partial charge in [-0.25, -0.2) is 0 Å². The zero-order chi connectivity index (χ0) is 15.9. The van der Waals surface area contributed by atoms with Gasteiger partial charge in [-0.15, -0.1) is 0 Å². The Morgan fingerprint density at radius 3 is 2.91 bits per heavy atom. The van der Waals surface area contributed by atoms with Gasteiger partial charge in [0.05, 0.1) is 13.2 Å². The normalized spacial score (nSPS) is 18.8. The molecule has 1 aliphatic heterocycles. The van der Waals surface area contributed by atoms with Crippen molar-refractivity contribution in [2.75, 3.05) is 25.6 Å². The molecule has 1 heterocycles. The van der Waals surface area contributed by atoms with Crippen LogP contribution in [0.25, 0.3) is 0 Å². The molecule has 122 valence electrons. The molecule has 0 aliphatic carbocycles. The number of carbonyl (C=O) groups is 1. The maximum atomic E-state index is 12.0. The number of amides is 1. The zero-order valence-electron chi connectivity index (χ0n) is 13.6. The summed E-state index contributed by atoms with van der Waals surface area (Å²) in [7, 11) is 1.60. The predicted octanol–water partition coefficient (Wildman–Crippen LogP) is 3.24. The van der Waals surface area contributed by atoms with Crippen molar-refractivity contribution in [1.29, 1.82) is 0 Å². The largest absolute Gasteiger partial charge is 0.493 e. The van der Waals surface area contributed by atoms with Crippen molar-refractivity contribution in [1.82, 2.24) is 0 Å². The Morgan fingerprint density at radius 1 is 1.45 bits per heavy atom. The van der Waals surface area contributed by atoms with Crippen molar-refractivity contribution in [2.24, 2.45) is 5.92 Å². The highest BCUT2D eigenvalue weighted by atomic mass is 16.5. The van der Waals surface area contributed by atoms with E-state index < -0.39 is 0 Å². The van der Waals surface area contributed by atoms with Gasteiger partial charge in [-0.3, -0.25) is 4.79 Å². The van der Waals surface area contributed by atoms with Crippen LogP contribution in [-0.2, 0) is 9.53 Å². The van der Waals surface area contributed by atoms with E-state index >= 15 is 0 Å². The van der Waals surface area contributed by atoms with Crippen LogP contribution in [0.1, 0.15) is 33.1 Å². The van der Waals surface area contributed by atoms with Gasteiger partial charge in [0.15, 0.2) is 11.5 Å². The van der Waals surface area contributed by atoms with Gasteiger partial charge in [-0.1, -0.05) is 13.8 Å². The number of ether oxygens (including phenoxy) is 3. The standard InChI is InChI=1S/C17H25NO4/c1-4-12(2)17(19)18-13-7-8-15(20-3)16(10-13)22-11-14-6-5-9-21-14/h7-8,10,12,14H,4-6,9,11H2,1-3H3,(H,18,19)/t12-,14+/m1/s1. The first kappa shape index (κ1) is 16.6. The van der Waals surface area contributed by atoms with Crippen molar-refractivity contribution in [3.63, 3.8) is 0 Å². The molecule has 5 heteroatoms. The third-order valence-electron chi connectivity index (χ3n) is 3.94. The third kappa shape index (κ3) is 4.37. The minimum Gasteiger partial charge on any atom is -0.493 e. The first-order chi connectivity index (χ1) is 10.6. The number of anilines is 1. The molecule has 1 N–H and O–H groups in total. The van der Waals surface area contributed by atoms with Gasteiger partial charge >= 0.3 is 0 Å². The van der Waals surface area contributed by atoms with Crippen LogP contribution >= 0.6 is 0 Å². The second-order valence-corrected chi connectivity index (χ2v) is 5.61. The highest BCUT2D eigenvalue weighted by molar-refractivity contribution is 5.92. The van der Waals surface area contributed by atoms with E-state index in [0.29, 0.717) is 23.8 Å². The van der Waals surface area contributed by atoms with Crippen molar-refractivity contribution >= 4 is 11.6 Å². The lowest BCUT2D eigenvalue weighted by atomic mass is 10.1. The van der Waals surface area contributed by atoms with E-state index in [9.17, 15) is 4.79 Å². The van der Waals surface area contributed by atoms with Gasteiger partial charge < -0.3 is 19.5 Å². The molecule has 0 aromatic heterocycles. The highest BCUT2D eigenvalue weighted by Gasteiger charge is 2.18. The molecule has 1 amide bonds. The fraction of sp³-hybridized carbons (Fsp3) is 0.588. The Kier molecular flexibility index (Phi) is 6.07. The smallest absolute Gasteiger partial charge is 0.227 e. The third-order valence-corrected chi connectivity index (χ3v) is 3.94. The first-order valence-corrected chi connectivity index (χ1v) is 7.87. The predicted molar refractivity (Wildman–Crippen MR) is 85.5 cm³/mol. The van der Waals surface area contributed by atoms with E-state index in [-0.39, 0.29) is 17.9 Å². The maximum Gasteiger partial charge on any atom is 0.227 e. The van der Waals surface area contributed by atoms with Crippen LogP contribution in [0.5, 0.6) is 11.5 Å². The molecular formula is C17H25NO4. The second kappa shape index (κ2) is 8.03. The lowest BCUT2D eigenvalue weighted by Crippen LogP contribution is -2.20. The first-order valence-electron chi connectivity index (χ1n) is 7.87. The molecule has 0 bridgehead atoms. The molecule has 0 radical (unpaired) electrons. The molecule has 1 saturated heterocycles. The van der Waals surface area contributed by atoms with Crippen molar-refractivity contribution in [3.8, 4) is 11.5 Å². The Morgan fingerprint density at radius 2 is 2.27 bits per heavy atom. The summed E-state index contributed by atoms with van der Waals surface area (Å²) >= 11 is 0. The summed E-state index contributed by atoms with van der Waals surface area (Å²) in [4.78, 5) is 12.0. The van der Waals surface area contributed by atoms with Crippen LogP contribution in [0.4, 0.5) is 5.69 Å². The number of benzene rings is 1. The van der Waals surface area contributed by atoms with E-state index in [1.54, 1.807) is 19.2 Å². The summed E-state index contributed by atoms with van der Waals surface area (Å²) in [6.45, 7) is 5.21. The minimum absolute atomic E-state index is 0.0118. The van der Waals surface area contributed by atoms with Crippen LogP contribution in [0.3, 0.4) is 0 Å². The number of hydrogen-bond donors (Lipinski definition) is 1. The maximum absolute atomic E-state index is 12.0. The molecule has 22 heavy (non-hydrogen) atoms. The summed E-state index contributed by atoms with van der Waals surface area (Å²) in [5, 5.41) is 2.91. The number of rotatable bonds is 7. The van der Waals surface area contributed by atoms with Crippen molar-refractivity contribution < 1.29 is 19.0 Å². The summed E-state index contributed by atoms with van der Waals surface area (Å²) in [5.74, 6) is 1.27. The molecule has 2 atom stereocenters. The SMILES string of the molecule is CC[C@@H](C)C(=O)Nc1ccc(OC)c(OC[C@@H]2CCCO2)c1. The van der Waals surface area contributed by atoms with Crippen LogP contribution in [0.15, 0.2) is 18.2 Å². The Balaban J connectivity index is 2.03. The van der Waals surface area contributed by atoms with Gasteiger partial charge in [0.2, 0.25) is 5.91 Å². The van der Waals surface area contributed by atoms with E-state index in [0.717, 1.165) is 25.9 Å². The Bertz CT molecular complexity index is 497. The average molecular weight is 307 g/mol. The van der Waals surface area contributed by atoms with Gasteiger partial charge in [-0.05, 0) is 31.4 Å². The van der Waals surface area contributed by atoms with E-state index in [1.807, 2.05) is 19.9 Å². The molecular weight excluding hydrogens is 282 g/mol. The molecule has 1 aromatic carbocycles. The zero-order valence-corrected chi connectivity index (χ0v) is 13.6. The second-order valence-electron chi connectivity index (χ2n) is 5.61. The lowest BCUT2D eigenvalue weighted by Gasteiger charge is -2.16. The monoisotopic (exact) mass is 307 g/mol. The van der Waals surface area contributed by atoms with Gasteiger partial charge in [-0.2, -0.15) is 0 Å². The van der Waals surface area contributed by atoms with E-state index in [4.69, 9.17) is 14.2 Å². The quantitative estimate of drug-likeness (QED) is 0.840. The molecule has 1 aliphatic rings. The summed E-state index contributed by atoms with van der Waals surface area (Å²) in [6.07, 6.45) is 3.05.